The Morgan fingerprint density at radius 1 is 0.488 bits per heavy atom. The van der Waals surface area contributed by atoms with Crippen molar-refractivity contribution < 1.29 is 14.3 Å². The number of ether oxygens (including phenoxy) is 1. The number of nitrogens with zero attached hydrogens (tertiary/aromatic N) is 1. The van der Waals surface area contributed by atoms with E-state index in [2.05, 4.69) is 38.2 Å². The fraction of sp³-hybridized carbons (Fsp3) is 0.846. The lowest BCUT2D eigenvalue weighted by Gasteiger charge is -2.17. The van der Waals surface area contributed by atoms with Crippen LogP contribution in [-0.4, -0.2) is 37.0 Å². The standard InChI is InChI=1S/C39H73NO3/c1-4-6-8-10-12-14-16-18-20-22-24-26-28-30-32-34-38(41)40(3)36-37-43-39(42)35-33-31-29-27-25-23-21-19-17-15-13-11-9-7-5-2/h18-21H,4-17,22-37H2,1-3H3/b20-18+,21-19-. The quantitative estimate of drug-likeness (QED) is 0.0426. The molecule has 0 saturated carbocycles. The molecule has 0 heterocycles. The van der Waals surface area contributed by atoms with Gasteiger partial charge in [-0.1, -0.05) is 141 Å². The molecule has 0 N–H and O–H groups in total. The van der Waals surface area contributed by atoms with Gasteiger partial charge >= 0.3 is 5.97 Å². The number of carbonyl (C=O) groups is 2. The zero-order chi connectivity index (χ0) is 31.5. The maximum Gasteiger partial charge on any atom is 0.305 e. The van der Waals surface area contributed by atoms with Crippen LogP contribution in [0.3, 0.4) is 0 Å². The summed E-state index contributed by atoms with van der Waals surface area (Å²) in [5, 5.41) is 0. The van der Waals surface area contributed by atoms with Crippen LogP contribution in [0.25, 0.3) is 0 Å². The zero-order valence-electron chi connectivity index (χ0n) is 29.2. The smallest absolute Gasteiger partial charge is 0.305 e. The first-order valence-corrected chi connectivity index (χ1v) is 18.8. The van der Waals surface area contributed by atoms with E-state index in [1.54, 1.807) is 4.90 Å². The first-order valence-electron chi connectivity index (χ1n) is 18.8. The molecule has 0 aliphatic carbocycles. The van der Waals surface area contributed by atoms with Crippen LogP contribution in [-0.2, 0) is 14.3 Å². The van der Waals surface area contributed by atoms with Crippen LogP contribution in [0.1, 0.15) is 194 Å². The third-order valence-corrected chi connectivity index (χ3v) is 8.41. The molecule has 0 radical (unpaired) electrons. The molecule has 4 heteroatoms. The number of unbranched alkanes of at least 4 members (excludes halogenated alkanes) is 22. The molecule has 0 unspecified atom stereocenters. The summed E-state index contributed by atoms with van der Waals surface area (Å²) in [7, 11) is 1.82. The first kappa shape index (κ1) is 41.4. The minimum absolute atomic E-state index is 0.129. The lowest BCUT2D eigenvalue weighted by molar-refractivity contribution is -0.145. The lowest BCUT2D eigenvalue weighted by atomic mass is 10.1. The number of likely N-dealkylation sites (N-methyl/N-ethyl adjacent to an activating group) is 1. The number of hydrogen-bond donors (Lipinski definition) is 0. The van der Waals surface area contributed by atoms with Gasteiger partial charge in [0.1, 0.15) is 6.61 Å². The molecule has 0 aromatic carbocycles. The summed E-state index contributed by atoms with van der Waals surface area (Å²) in [5.74, 6) is 0.0293. The average molecular weight is 604 g/mol. The highest BCUT2D eigenvalue weighted by molar-refractivity contribution is 5.75. The van der Waals surface area contributed by atoms with Gasteiger partial charge in [-0.15, -0.1) is 0 Å². The Labute approximate surface area is 268 Å². The van der Waals surface area contributed by atoms with E-state index in [1.165, 1.54) is 141 Å². The van der Waals surface area contributed by atoms with E-state index in [0.29, 0.717) is 26.0 Å². The molecule has 0 aliphatic heterocycles. The van der Waals surface area contributed by atoms with Crippen molar-refractivity contribution in [2.24, 2.45) is 0 Å². The van der Waals surface area contributed by atoms with Crippen molar-refractivity contribution in [1.29, 1.82) is 0 Å². The Hall–Kier alpha value is -1.58. The maximum atomic E-state index is 12.4. The molecular weight excluding hydrogens is 530 g/mol. The highest BCUT2D eigenvalue weighted by Gasteiger charge is 2.09. The minimum atomic E-state index is -0.129. The number of esters is 1. The largest absolute Gasteiger partial charge is 0.464 e. The number of hydrogen-bond acceptors (Lipinski definition) is 3. The van der Waals surface area contributed by atoms with E-state index in [0.717, 1.165) is 25.7 Å². The topological polar surface area (TPSA) is 46.6 Å². The van der Waals surface area contributed by atoms with Crippen LogP contribution in [0, 0.1) is 0 Å². The summed E-state index contributed by atoms with van der Waals surface area (Å²) in [5.41, 5.74) is 0. The molecular formula is C39H73NO3. The second kappa shape index (κ2) is 34.9. The minimum Gasteiger partial charge on any atom is -0.464 e. The first-order chi connectivity index (χ1) is 21.1. The van der Waals surface area contributed by atoms with E-state index in [-0.39, 0.29) is 11.9 Å². The van der Waals surface area contributed by atoms with Crippen molar-refractivity contribution >= 4 is 11.9 Å². The highest BCUT2D eigenvalue weighted by Crippen LogP contribution is 2.12. The van der Waals surface area contributed by atoms with Crippen LogP contribution in [0.2, 0.25) is 0 Å². The number of carbonyl (C=O) groups excluding carboxylic acids is 2. The molecule has 0 fully saturated rings. The second-order valence-corrected chi connectivity index (χ2v) is 12.7. The van der Waals surface area contributed by atoms with Crippen molar-refractivity contribution in [3.05, 3.63) is 24.3 Å². The van der Waals surface area contributed by atoms with E-state index < -0.39 is 0 Å². The Morgan fingerprint density at radius 2 is 0.837 bits per heavy atom. The molecule has 0 aromatic heterocycles. The van der Waals surface area contributed by atoms with E-state index in [1.807, 2.05) is 7.05 Å². The fourth-order valence-electron chi connectivity index (χ4n) is 5.37. The van der Waals surface area contributed by atoms with Gasteiger partial charge in [0.05, 0.1) is 6.54 Å². The highest BCUT2D eigenvalue weighted by atomic mass is 16.5. The van der Waals surface area contributed by atoms with Gasteiger partial charge < -0.3 is 9.64 Å². The number of allylic oxidation sites excluding steroid dienone is 4. The monoisotopic (exact) mass is 604 g/mol. The molecule has 0 saturated heterocycles. The average Bonchev–Trinajstić information content (AvgIpc) is 3.00. The van der Waals surface area contributed by atoms with Gasteiger partial charge in [-0.3, -0.25) is 9.59 Å². The van der Waals surface area contributed by atoms with Crippen molar-refractivity contribution in [2.75, 3.05) is 20.2 Å². The molecule has 0 rings (SSSR count). The van der Waals surface area contributed by atoms with Crippen LogP contribution in [0.15, 0.2) is 24.3 Å². The Bertz CT molecular complexity index is 657. The molecule has 0 aliphatic rings. The van der Waals surface area contributed by atoms with E-state index in [4.69, 9.17) is 4.74 Å². The maximum absolute atomic E-state index is 12.4. The third kappa shape index (κ3) is 33.2. The van der Waals surface area contributed by atoms with Crippen LogP contribution in [0.5, 0.6) is 0 Å². The normalized spacial score (nSPS) is 11.6. The summed E-state index contributed by atoms with van der Waals surface area (Å²) in [6.07, 6.45) is 43.2. The Morgan fingerprint density at radius 3 is 1.26 bits per heavy atom. The predicted octanol–water partition coefficient (Wildman–Crippen LogP) is 12.1. The molecule has 1 amide bonds. The van der Waals surface area contributed by atoms with Gasteiger partial charge in [-0.05, 0) is 64.2 Å². The molecule has 43 heavy (non-hydrogen) atoms. The van der Waals surface area contributed by atoms with E-state index in [9.17, 15) is 9.59 Å². The van der Waals surface area contributed by atoms with Crippen molar-refractivity contribution in [1.82, 2.24) is 4.90 Å². The van der Waals surface area contributed by atoms with Gasteiger partial charge in [0, 0.05) is 19.9 Å². The molecule has 0 spiro atoms. The summed E-state index contributed by atoms with van der Waals surface area (Å²) in [4.78, 5) is 26.1. The van der Waals surface area contributed by atoms with Crippen molar-refractivity contribution in [3.63, 3.8) is 0 Å². The summed E-state index contributed by atoms with van der Waals surface area (Å²) < 4.78 is 5.37. The van der Waals surface area contributed by atoms with Gasteiger partial charge in [0.2, 0.25) is 5.91 Å². The number of amides is 1. The molecule has 0 aromatic rings. The summed E-state index contributed by atoms with van der Waals surface area (Å²) >= 11 is 0. The molecule has 4 nitrogen and oxygen atoms in total. The predicted molar refractivity (Wildman–Crippen MR) is 187 cm³/mol. The summed E-state index contributed by atoms with van der Waals surface area (Å²) in [6, 6.07) is 0. The lowest BCUT2D eigenvalue weighted by Crippen LogP contribution is -2.30. The number of rotatable bonds is 33. The van der Waals surface area contributed by atoms with Crippen LogP contribution >= 0.6 is 0 Å². The zero-order valence-corrected chi connectivity index (χ0v) is 29.2. The van der Waals surface area contributed by atoms with Gasteiger partial charge in [0.15, 0.2) is 0 Å². The van der Waals surface area contributed by atoms with Gasteiger partial charge in [-0.25, -0.2) is 0 Å². The third-order valence-electron chi connectivity index (χ3n) is 8.41. The molecule has 0 atom stereocenters. The Kier molecular flexibility index (Phi) is 33.6. The van der Waals surface area contributed by atoms with Gasteiger partial charge in [-0.2, -0.15) is 0 Å². The second-order valence-electron chi connectivity index (χ2n) is 12.7. The summed E-state index contributed by atoms with van der Waals surface area (Å²) in [6.45, 7) is 5.33. The Balaban J connectivity index is 3.46. The molecule has 0 bridgehead atoms. The fourth-order valence-corrected chi connectivity index (χ4v) is 5.37. The van der Waals surface area contributed by atoms with Crippen LogP contribution < -0.4 is 0 Å². The van der Waals surface area contributed by atoms with Crippen molar-refractivity contribution in [2.45, 2.75) is 194 Å². The van der Waals surface area contributed by atoms with Crippen LogP contribution in [0.4, 0.5) is 0 Å². The SMILES string of the molecule is CCCCCCCC/C=C\CCCCCCCC(=O)OCCN(C)C(=O)CCCCCCC/C=C/CCCCCCCC. The molecule has 252 valence electrons. The van der Waals surface area contributed by atoms with Gasteiger partial charge in [0.25, 0.3) is 0 Å². The van der Waals surface area contributed by atoms with Crippen molar-refractivity contribution in [3.8, 4) is 0 Å². The van der Waals surface area contributed by atoms with E-state index >= 15 is 0 Å².